The van der Waals surface area contributed by atoms with Gasteiger partial charge in [0.25, 0.3) is 0 Å². The molecule has 0 bridgehead atoms. The molecular formula is C22H29N3O3. The first kappa shape index (κ1) is 20.3. The molecule has 6 heteroatoms. The number of aliphatic hydroxyl groups excluding tert-OH is 1. The number of benzene rings is 2. The topological polar surface area (TPSA) is 65.0 Å². The number of hydrogen-bond acceptors (Lipinski definition) is 5. The van der Waals surface area contributed by atoms with Gasteiger partial charge < -0.3 is 15.2 Å². The smallest absolute Gasteiger partial charge is 0.221 e. The second-order valence-corrected chi connectivity index (χ2v) is 7.23. The lowest BCUT2D eigenvalue weighted by atomic mass is 10.2. The lowest BCUT2D eigenvalue weighted by Crippen LogP contribution is -2.48. The van der Waals surface area contributed by atoms with Crippen molar-refractivity contribution in [2.75, 3.05) is 44.6 Å². The quantitative estimate of drug-likeness (QED) is 0.732. The highest BCUT2D eigenvalue weighted by Gasteiger charge is 2.19. The predicted molar refractivity (Wildman–Crippen MR) is 110 cm³/mol. The first-order chi connectivity index (χ1) is 13.6. The van der Waals surface area contributed by atoms with Crippen molar-refractivity contribution in [3.63, 3.8) is 0 Å². The molecule has 2 aromatic carbocycles. The lowest BCUT2D eigenvalue weighted by Gasteiger charge is -2.35. The third-order valence-corrected chi connectivity index (χ3v) is 4.80. The molecule has 1 aliphatic heterocycles. The van der Waals surface area contributed by atoms with Crippen LogP contribution in [0.25, 0.3) is 0 Å². The second kappa shape index (κ2) is 10.2. The van der Waals surface area contributed by atoms with Crippen LogP contribution in [0.2, 0.25) is 0 Å². The van der Waals surface area contributed by atoms with Crippen molar-refractivity contribution in [2.45, 2.75) is 19.6 Å². The molecular weight excluding hydrogens is 354 g/mol. The van der Waals surface area contributed by atoms with Gasteiger partial charge in [0, 0.05) is 51.9 Å². The highest BCUT2D eigenvalue weighted by atomic mass is 16.5. The lowest BCUT2D eigenvalue weighted by molar-refractivity contribution is -0.114. The molecule has 2 aromatic rings. The monoisotopic (exact) mass is 383 g/mol. The Morgan fingerprint density at radius 2 is 1.68 bits per heavy atom. The van der Waals surface area contributed by atoms with Crippen LogP contribution < -0.4 is 10.1 Å². The molecule has 1 amide bonds. The van der Waals surface area contributed by atoms with E-state index in [0.29, 0.717) is 12.3 Å². The Labute approximate surface area is 166 Å². The molecule has 1 saturated heterocycles. The Hall–Kier alpha value is -2.41. The van der Waals surface area contributed by atoms with Crippen molar-refractivity contribution < 1.29 is 14.6 Å². The van der Waals surface area contributed by atoms with Gasteiger partial charge in [0.1, 0.15) is 18.5 Å². The van der Waals surface area contributed by atoms with Crippen molar-refractivity contribution in [1.82, 2.24) is 9.80 Å². The number of amides is 1. The summed E-state index contributed by atoms with van der Waals surface area (Å²) in [6.07, 6.45) is -0.532. The third-order valence-electron chi connectivity index (χ3n) is 4.80. The maximum atomic E-state index is 11.0. The van der Waals surface area contributed by atoms with Crippen LogP contribution in [0.4, 0.5) is 5.69 Å². The van der Waals surface area contributed by atoms with E-state index in [-0.39, 0.29) is 12.5 Å². The number of ether oxygens (including phenoxy) is 1. The molecule has 6 nitrogen and oxygen atoms in total. The van der Waals surface area contributed by atoms with E-state index in [9.17, 15) is 9.90 Å². The van der Waals surface area contributed by atoms with Crippen LogP contribution in [0.5, 0.6) is 5.75 Å². The van der Waals surface area contributed by atoms with Crippen LogP contribution in [0, 0.1) is 0 Å². The van der Waals surface area contributed by atoms with Gasteiger partial charge in [0.15, 0.2) is 0 Å². The van der Waals surface area contributed by atoms with Crippen LogP contribution in [0.1, 0.15) is 12.5 Å². The first-order valence-electron chi connectivity index (χ1n) is 9.75. The molecule has 2 N–H and O–H groups in total. The number of piperazine rings is 1. The normalized spacial score (nSPS) is 16.5. The van der Waals surface area contributed by atoms with Crippen molar-refractivity contribution in [3.05, 3.63) is 60.2 Å². The molecule has 0 spiro atoms. The molecule has 1 fully saturated rings. The second-order valence-electron chi connectivity index (χ2n) is 7.23. The van der Waals surface area contributed by atoms with Gasteiger partial charge in [-0.1, -0.05) is 30.3 Å². The highest BCUT2D eigenvalue weighted by molar-refractivity contribution is 5.88. The van der Waals surface area contributed by atoms with Crippen LogP contribution >= 0.6 is 0 Å². The molecule has 150 valence electrons. The van der Waals surface area contributed by atoms with Crippen molar-refractivity contribution in [2.24, 2.45) is 0 Å². The van der Waals surface area contributed by atoms with Gasteiger partial charge in [-0.05, 0) is 29.8 Å². The van der Waals surface area contributed by atoms with Crippen molar-refractivity contribution in [1.29, 1.82) is 0 Å². The van der Waals surface area contributed by atoms with Crippen molar-refractivity contribution >= 4 is 11.6 Å². The van der Waals surface area contributed by atoms with E-state index < -0.39 is 6.10 Å². The summed E-state index contributed by atoms with van der Waals surface area (Å²) >= 11 is 0. The summed E-state index contributed by atoms with van der Waals surface area (Å²) in [5.74, 6) is 0.578. The number of β-amino-alcohol motifs (C(OH)–C–C–N with tert-alkyl or cyclic N) is 1. The average Bonchev–Trinajstić information content (AvgIpc) is 2.69. The van der Waals surface area contributed by atoms with Crippen LogP contribution in [-0.2, 0) is 11.3 Å². The number of nitrogens with one attached hydrogen (secondary N) is 1. The summed E-state index contributed by atoms with van der Waals surface area (Å²) in [5, 5.41) is 13.0. The van der Waals surface area contributed by atoms with Gasteiger partial charge in [0.05, 0.1) is 0 Å². The Morgan fingerprint density at radius 3 is 2.32 bits per heavy atom. The predicted octanol–water partition coefficient (Wildman–Crippen LogP) is 2.20. The number of anilines is 1. The molecule has 28 heavy (non-hydrogen) atoms. The number of rotatable bonds is 8. The molecule has 1 atom stereocenters. The summed E-state index contributed by atoms with van der Waals surface area (Å²) in [6, 6.07) is 17.7. The Morgan fingerprint density at radius 1 is 1.04 bits per heavy atom. The van der Waals surface area contributed by atoms with E-state index in [1.54, 1.807) is 24.3 Å². The van der Waals surface area contributed by atoms with Gasteiger partial charge in [-0.2, -0.15) is 0 Å². The van der Waals surface area contributed by atoms with E-state index in [0.717, 1.165) is 38.4 Å². The third kappa shape index (κ3) is 6.64. The Kier molecular flexibility index (Phi) is 7.42. The molecule has 3 rings (SSSR count). The number of carbonyl (C=O) groups is 1. The fourth-order valence-electron chi connectivity index (χ4n) is 3.35. The minimum atomic E-state index is -0.532. The number of aliphatic hydroxyl groups is 1. The van der Waals surface area contributed by atoms with E-state index in [2.05, 4.69) is 39.4 Å². The van der Waals surface area contributed by atoms with Crippen LogP contribution in [0.15, 0.2) is 54.6 Å². The highest BCUT2D eigenvalue weighted by Crippen LogP contribution is 2.16. The van der Waals surface area contributed by atoms with Crippen LogP contribution in [0.3, 0.4) is 0 Å². The maximum Gasteiger partial charge on any atom is 0.221 e. The molecule has 0 aliphatic carbocycles. The minimum absolute atomic E-state index is 0.104. The Balaban J connectivity index is 1.35. The van der Waals surface area contributed by atoms with E-state index in [1.807, 2.05) is 6.07 Å². The summed E-state index contributed by atoms with van der Waals surface area (Å²) in [6.45, 7) is 7.24. The zero-order valence-electron chi connectivity index (χ0n) is 16.4. The SMILES string of the molecule is CC(=O)Nc1ccc(OC[C@@H](O)CN2CCN(Cc3ccccc3)CC2)cc1. The first-order valence-corrected chi connectivity index (χ1v) is 9.75. The summed E-state index contributed by atoms with van der Waals surface area (Å²) in [7, 11) is 0. The molecule has 0 saturated carbocycles. The fraction of sp³-hybridized carbons (Fsp3) is 0.409. The summed E-state index contributed by atoms with van der Waals surface area (Å²) < 4.78 is 5.67. The van der Waals surface area contributed by atoms with Gasteiger partial charge in [-0.15, -0.1) is 0 Å². The van der Waals surface area contributed by atoms with Gasteiger partial charge in [-0.25, -0.2) is 0 Å². The zero-order chi connectivity index (χ0) is 19.8. The van der Waals surface area contributed by atoms with E-state index in [4.69, 9.17) is 4.74 Å². The minimum Gasteiger partial charge on any atom is -0.491 e. The molecule has 0 aromatic heterocycles. The van der Waals surface area contributed by atoms with Gasteiger partial charge in [-0.3, -0.25) is 14.6 Å². The zero-order valence-corrected chi connectivity index (χ0v) is 16.4. The fourth-order valence-corrected chi connectivity index (χ4v) is 3.35. The summed E-state index contributed by atoms with van der Waals surface area (Å²) in [5.41, 5.74) is 2.07. The molecule has 0 unspecified atom stereocenters. The maximum absolute atomic E-state index is 11.0. The molecule has 1 aliphatic rings. The van der Waals surface area contributed by atoms with E-state index >= 15 is 0 Å². The number of nitrogens with zero attached hydrogens (tertiary/aromatic N) is 2. The van der Waals surface area contributed by atoms with Gasteiger partial charge >= 0.3 is 0 Å². The average molecular weight is 383 g/mol. The van der Waals surface area contributed by atoms with Crippen molar-refractivity contribution in [3.8, 4) is 5.75 Å². The Bertz CT molecular complexity index is 728. The molecule has 0 radical (unpaired) electrons. The molecule has 1 heterocycles. The number of carbonyl (C=O) groups excluding carboxylic acids is 1. The summed E-state index contributed by atoms with van der Waals surface area (Å²) in [4.78, 5) is 15.8. The van der Waals surface area contributed by atoms with Crippen LogP contribution in [-0.4, -0.2) is 66.2 Å². The number of hydrogen-bond donors (Lipinski definition) is 2. The standard InChI is InChI=1S/C22H29N3O3/c1-18(26)23-20-7-9-22(10-8-20)28-17-21(27)16-25-13-11-24(12-14-25)15-19-5-3-2-4-6-19/h2-10,21,27H,11-17H2,1H3,(H,23,26)/t21-/m0/s1. The largest absolute Gasteiger partial charge is 0.491 e. The van der Waals surface area contributed by atoms with Gasteiger partial charge in [0.2, 0.25) is 5.91 Å². The van der Waals surface area contributed by atoms with E-state index in [1.165, 1.54) is 12.5 Å².